The number of nitrogens with zero attached hydrogens (tertiary/aromatic N) is 2. The number of halogens is 1. The van der Waals surface area contributed by atoms with Crippen molar-refractivity contribution < 1.29 is 4.39 Å². The summed E-state index contributed by atoms with van der Waals surface area (Å²) in [5, 5.41) is 4.23. The predicted molar refractivity (Wildman–Crippen MR) is 67.0 cm³/mol. The molecule has 17 heavy (non-hydrogen) atoms. The van der Waals surface area contributed by atoms with Gasteiger partial charge in [-0.3, -0.25) is 0 Å². The third-order valence-electron chi connectivity index (χ3n) is 2.73. The molecule has 0 N–H and O–H groups in total. The SMILES string of the molecule is Cc1cnn(-c2ccc(F)c(C(C)(C)C)c2)c1. The minimum Gasteiger partial charge on any atom is -0.241 e. The van der Waals surface area contributed by atoms with Gasteiger partial charge in [0.1, 0.15) is 5.82 Å². The Morgan fingerprint density at radius 3 is 2.47 bits per heavy atom. The number of hydrogen-bond acceptors (Lipinski definition) is 1. The highest BCUT2D eigenvalue weighted by Gasteiger charge is 2.19. The van der Waals surface area contributed by atoms with Crippen LogP contribution in [0.4, 0.5) is 4.39 Å². The summed E-state index contributed by atoms with van der Waals surface area (Å²) >= 11 is 0. The monoisotopic (exact) mass is 232 g/mol. The number of benzene rings is 1. The van der Waals surface area contributed by atoms with Gasteiger partial charge < -0.3 is 0 Å². The Balaban J connectivity index is 2.51. The molecule has 0 atom stereocenters. The predicted octanol–water partition coefficient (Wildman–Crippen LogP) is 3.62. The van der Waals surface area contributed by atoms with Gasteiger partial charge >= 0.3 is 0 Å². The zero-order chi connectivity index (χ0) is 12.6. The zero-order valence-electron chi connectivity index (χ0n) is 10.7. The molecule has 0 aliphatic rings. The molecule has 0 aliphatic heterocycles. The Kier molecular flexibility index (Phi) is 2.77. The second-order valence-corrected chi connectivity index (χ2v) is 5.38. The molecule has 2 nitrogen and oxygen atoms in total. The van der Waals surface area contributed by atoms with E-state index in [0.717, 1.165) is 11.3 Å². The third-order valence-corrected chi connectivity index (χ3v) is 2.73. The van der Waals surface area contributed by atoms with Crippen LogP contribution in [0.3, 0.4) is 0 Å². The number of aromatic nitrogens is 2. The molecule has 2 aromatic rings. The van der Waals surface area contributed by atoms with E-state index in [0.29, 0.717) is 5.56 Å². The molecule has 1 aromatic carbocycles. The Labute approximate surface area is 101 Å². The fraction of sp³-hybridized carbons (Fsp3) is 0.357. The van der Waals surface area contributed by atoms with E-state index in [4.69, 9.17) is 0 Å². The Morgan fingerprint density at radius 1 is 1.24 bits per heavy atom. The Morgan fingerprint density at radius 2 is 1.94 bits per heavy atom. The summed E-state index contributed by atoms with van der Waals surface area (Å²) in [5.41, 5.74) is 2.49. The quantitative estimate of drug-likeness (QED) is 0.734. The van der Waals surface area contributed by atoms with E-state index in [1.807, 2.05) is 40.0 Å². The van der Waals surface area contributed by atoms with Crippen LogP contribution in [0.25, 0.3) is 5.69 Å². The average Bonchev–Trinajstić information content (AvgIpc) is 2.64. The van der Waals surface area contributed by atoms with Crippen LogP contribution in [-0.2, 0) is 5.41 Å². The molecule has 3 heteroatoms. The van der Waals surface area contributed by atoms with Crippen molar-refractivity contribution in [2.24, 2.45) is 0 Å². The molecule has 0 unspecified atom stereocenters. The van der Waals surface area contributed by atoms with Crippen LogP contribution in [-0.4, -0.2) is 9.78 Å². The average molecular weight is 232 g/mol. The fourth-order valence-electron chi connectivity index (χ4n) is 1.78. The van der Waals surface area contributed by atoms with Gasteiger partial charge in [-0.15, -0.1) is 0 Å². The second kappa shape index (κ2) is 3.99. The highest BCUT2D eigenvalue weighted by Crippen LogP contribution is 2.27. The summed E-state index contributed by atoms with van der Waals surface area (Å²) < 4.78 is 15.5. The van der Waals surface area contributed by atoms with Crippen molar-refractivity contribution in [3.8, 4) is 5.69 Å². The summed E-state index contributed by atoms with van der Waals surface area (Å²) in [6.45, 7) is 7.99. The van der Waals surface area contributed by atoms with Gasteiger partial charge in [-0.1, -0.05) is 20.8 Å². The molecular weight excluding hydrogens is 215 g/mol. The molecule has 0 aliphatic carbocycles. The number of hydrogen-bond donors (Lipinski definition) is 0. The summed E-state index contributed by atoms with van der Waals surface area (Å²) in [6.07, 6.45) is 3.72. The highest BCUT2D eigenvalue weighted by molar-refractivity contribution is 5.39. The maximum Gasteiger partial charge on any atom is 0.127 e. The van der Waals surface area contributed by atoms with Crippen molar-refractivity contribution in [2.75, 3.05) is 0 Å². The van der Waals surface area contributed by atoms with Gasteiger partial charge in [0.05, 0.1) is 11.9 Å². The lowest BCUT2D eigenvalue weighted by atomic mass is 9.86. The topological polar surface area (TPSA) is 17.8 Å². The van der Waals surface area contributed by atoms with Crippen LogP contribution in [0.15, 0.2) is 30.6 Å². The molecule has 0 saturated carbocycles. The van der Waals surface area contributed by atoms with E-state index in [1.165, 1.54) is 6.07 Å². The maximum atomic E-state index is 13.8. The lowest BCUT2D eigenvalue weighted by Crippen LogP contribution is -2.14. The minimum absolute atomic E-state index is 0.162. The lowest BCUT2D eigenvalue weighted by Gasteiger charge is -2.20. The van der Waals surface area contributed by atoms with E-state index in [9.17, 15) is 4.39 Å². The van der Waals surface area contributed by atoms with Gasteiger partial charge in [-0.2, -0.15) is 5.10 Å². The first kappa shape index (κ1) is 11.8. The van der Waals surface area contributed by atoms with Crippen LogP contribution in [0.2, 0.25) is 0 Å². The molecule has 0 saturated heterocycles. The van der Waals surface area contributed by atoms with Crippen molar-refractivity contribution in [1.29, 1.82) is 0 Å². The third kappa shape index (κ3) is 2.38. The van der Waals surface area contributed by atoms with Crippen LogP contribution < -0.4 is 0 Å². The Bertz CT molecular complexity index is 535. The first-order valence-corrected chi connectivity index (χ1v) is 5.69. The van der Waals surface area contributed by atoms with Gasteiger partial charge in [0.2, 0.25) is 0 Å². The molecule has 2 rings (SSSR count). The van der Waals surface area contributed by atoms with Gasteiger partial charge in [0.15, 0.2) is 0 Å². The van der Waals surface area contributed by atoms with E-state index < -0.39 is 0 Å². The summed E-state index contributed by atoms with van der Waals surface area (Å²) in [6, 6.07) is 5.12. The molecule has 0 bridgehead atoms. The van der Waals surface area contributed by atoms with Crippen molar-refractivity contribution in [1.82, 2.24) is 9.78 Å². The molecule has 0 fully saturated rings. The van der Waals surface area contributed by atoms with Gasteiger partial charge in [0, 0.05) is 6.20 Å². The van der Waals surface area contributed by atoms with Gasteiger partial charge in [-0.25, -0.2) is 9.07 Å². The van der Waals surface area contributed by atoms with E-state index in [1.54, 1.807) is 16.9 Å². The first-order valence-electron chi connectivity index (χ1n) is 5.69. The van der Waals surface area contributed by atoms with Crippen LogP contribution >= 0.6 is 0 Å². The minimum atomic E-state index is -0.206. The normalized spacial score (nSPS) is 11.8. The lowest BCUT2D eigenvalue weighted by molar-refractivity contribution is 0.522. The summed E-state index contributed by atoms with van der Waals surface area (Å²) in [7, 11) is 0. The first-order chi connectivity index (χ1) is 7.88. The van der Waals surface area contributed by atoms with Crippen LogP contribution in [0.1, 0.15) is 31.9 Å². The highest BCUT2D eigenvalue weighted by atomic mass is 19.1. The molecule has 0 amide bonds. The molecule has 1 aromatic heterocycles. The molecule has 90 valence electrons. The van der Waals surface area contributed by atoms with Gasteiger partial charge in [-0.05, 0) is 41.7 Å². The molecular formula is C14H17FN2. The Hall–Kier alpha value is -1.64. The van der Waals surface area contributed by atoms with Crippen molar-refractivity contribution in [2.45, 2.75) is 33.1 Å². The van der Waals surface area contributed by atoms with Crippen LogP contribution in [0.5, 0.6) is 0 Å². The van der Waals surface area contributed by atoms with E-state index >= 15 is 0 Å². The second-order valence-electron chi connectivity index (χ2n) is 5.38. The van der Waals surface area contributed by atoms with Crippen molar-refractivity contribution >= 4 is 0 Å². The largest absolute Gasteiger partial charge is 0.241 e. The van der Waals surface area contributed by atoms with Crippen molar-refractivity contribution in [3.05, 3.63) is 47.5 Å². The van der Waals surface area contributed by atoms with Crippen molar-refractivity contribution in [3.63, 3.8) is 0 Å². The van der Waals surface area contributed by atoms with E-state index in [-0.39, 0.29) is 11.2 Å². The summed E-state index contributed by atoms with van der Waals surface area (Å²) in [4.78, 5) is 0. The number of aryl methyl sites for hydroxylation is 1. The molecule has 0 radical (unpaired) electrons. The maximum absolute atomic E-state index is 13.8. The standard InChI is InChI=1S/C14H17FN2/c1-10-8-16-17(9-10)11-5-6-13(15)12(7-11)14(2,3)4/h5-9H,1-4H3. The van der Waals surface area contributed by atoms with Crippen LogP contribution in [0, 0.1) is 12.7 Å². The van der Waals surface area contributed by atoms with E-state index in [2.05, 4.69) is 5.10 Å². The smallest absolute Gasteiger partial charge is 0.127 e. The summed E-state index contributed by atoms with van der Waals surface area (Å²) in [5.74, 6) is -0.162. The van der Waals surface area contributed by atoms with Gasteiger partial charge in [0.25, 0.3) is 0 Å². The number of rotatable bonds is 1. The molecule has 0 spiro atoms. The zero-order valence-corrected chi connectivity index (χ0v) is 10.7. The molecule has 1 heterocycles. The fourth-order valence-corrected chi connectivity index (χ4v) is 1.78.